The first-order chi connectivity index (χ1) is 10.6. The number of carbonyl (C=O) groups is 2. The summed E-state index contributed by atoms with van der Waals surface area (Å²) in [6.45, 7) is 0.717. The quantitative estimate of drug-likeness (QED) is 0.941. The smallest absolute Gasteiger partial charge is 0.410 e. The summed E-state index contributed by atoms with van der Waals surface area (Å²) in [6, 6.07) is 16.1. The fraction of sp³-hybridized carbons (Fsp3) is 0.176. The molecule has 0 unspecified atom stereocenters. The van der Waals surface area contributed by atoms with Crippen molar-refractivity contribution in [3.63, 3.8) is 0 Å². The number of carbonyl (C=O) groups excluding carboxylic acids is 1. The third-order valence-electron chi connectivity index (χ3n) is 3.71. The van der Waals surface area contributed by atoms with Crippen molar-refractivity contribution in [2.24, 2.45) is 0 Å². The summed E-state index contributed by atoms with van der Waals surface area (Å²) in [7, 11) is 0. The molecule has 3 rings (SSSR count). The maximum absolute atomic E-state index is 11.9. The minimum atomic E-state index is -0.964. The molecule has 1 amide bonds. The lowest BCUT2D eigenvalue weighted by molar-refractivity contribution is 0.0696. The van der Waals surface area contributed by atoms with Crippen molar-refractivity contribution in [2.75, 3.05) is 6.61 Å². The highest BCUT2D eigenvalue weighted by Gasteiger charge is 2.33. The maximum atomic E-state index is 11.9. The van der Waals surface area contributed by atoms with Gasteiger partial charge >= 0.3 is 12.1 Å². The van der Waals surface area contributed by atoms with Gasteiger partial charge in [-0.15, -0.1) is 0 Å². The summed E-state index contributed by atoms with van der Waals surface area (Å²) in [6.07, 6.45) is -0.351. The molecule has 1 aliphatic heterocycles. The Bertz CT molecular complexity index is 682. The Morgan fingerprint density at radius 2 is 1.82 bits per heavy atom. The van der Waals surface area contributed by atoms with E-state index in [4.69, 9.17) is 9.84 Å². The Kier molecular flexibility index (Phi) is 3.78. The minimum Gasteiger partial charge on any atom is -0.478 e. The van der Waals surface area contributed by atoms with Gasteiger partial charge in [-0.2, -0.15) is 0 Å². The van der Waals surface area contributed by atoms with E-state index in [1.165, 1.54) is 12.1 Å². The molecule has 112 valence electrons. The summed E-state index contributed by atoms with van der Waals surface area (Å²) < 4.78 is 5.16. The van der Waals surface area contributed by atoms with Crippen LogP contribution in [0.25, 0.3) is 0 Å². The highest BCUT2D eigenvalue weighted by molar-refractivity contribution is 5.87. The summed E-state index contributed by atoms with van der Waals surface area (Å²) in [4.78, 5) is 24.5. The van der Waals surface area contributed by atoms with E-state index in [1.807, 2.05) is 30.3 Å². The molecule has 1 fully saturated rings. The van der Waals surface area contributed by atoms with Gasteiger partial charge in [-0.1, -0.05) is 42.5 Å². The SMILES string of the molecule is O=C(O)c1ccc(CN2C(=O)OC[C@H]2c2ccccc2)cc1. The summed E-state index contributed by atoms with van der Waals surface area (Å²) in [5, 5.41) is 8.91. The van der Waals surface area contributed by atoms with Crippen LogP contribution in [0.4, 0.5) is 4.79 Å². The lowest BCUT2D eigenvalue weighted by atomic mass is 10.1. The lowest BCUT2D eigenvalue weighted by Crippen LogP contribution is -2.27. The molecule has 1 aliphatic rings. The van der Waals surface area contributed by atoms with Gasteiger partial charge in [-0.3, -0.25) is 4.90 Å². The Morgan fingerprint density at radius 1 is 1.14 bits per heavy atom. The molecule has 5 heteroatoms. The first-order valence-electron chi connectivity index (χ1n) is 6.96. The van der Waals surface area contributed by atoms with Crippen molar-refractivity contribution >= 4 is 12.1 Å². The van der Waals surface area contributed by atoms with E-state index < -0.39 is 5.97 Å². The molecule has 0 saturated carbocycles. The largest absolute Gasteiger partial charge is 0.478 e. The van der Waals surface area contributed by atoms with Crippen LogP contribution < -0.4 is 0 Å². The van der Waals surface area contributed by atoms with Crippen molar-refractivity contribution < 1.29 is 19.4 Å². The van der Waals surface area contributed by atoms with Crippen LogP contribution >= 0.6 is 0 Å². The van der Waals surface area contributed by atoms with Crippen LogP contribution in [-0.4, -0.2) is 28.7 Å². The number of rotatable bonds is 4. The topological polar surface area (TPSA) is 66.8 Å². The number of hydrogen-bond acceptors (Lipinski definition) is 3. The molecule has 2 aromatic rings. The Hall–Kier alpha value is -2.82. The van der Waals surface area contributed by atoms with E-state index in [2.05, 4.69) is 0 Å². The zero-order chi connectivity index (χ0) is 15.5. The molecule has 0 aromatic heterocycles. The van der Waals surface area contributed by atoms with Crippen LogP contribution in [0.2, 0.25) is 0 Å². The monoisotopic (exact) mass is 297 g/mol. The number of hydrogen-bond donors (Lipinski definition) is 1. The third-order valence-corrected chi connectivity index (χ3v) is 3.71. The molecule has 0 spiro atoms. The zero-order valence-electron chi connectivity index (χ0n) is 11.8. The van der Waals surface area contributed by atoms with Gasteiger partial charge in [0.05, 0.1) is 11.6 Å². The molecule has 0 aliphatic carbocycles. The van der Waals surface area contributed by atoms with Crippen molar-refractivity contribution in [3.8, 4) is 0 Å². The van der Waals surface area contributed by atoms with Crippen LogP contribution in [0.1, 0.15) is 27.5 Å². The van der Waals surface area contributed by atoms with Gasteiger partial charge in [0, 0.05) is 6.54 Å². The Balaban J connectivity index is 1.80. The molecule has 2 aromatic carbocycles. The minimum absolute atomic E-state index is 0.118. The standard InChI is InChI=1S/C17H15NO4/c19-16(20)14-8-6-12(7-9-14)10-18-15(11-22-17(18)21)13-4-2-1-3-5-13/h1-9,15H,10-11H2,(H,19,20)/t15-/m0/s1. The Morgan fingerprint density at radius 3 is 2.45 bits per heavy atom. The van der Waals surface area contributed by atoms with E-state index >= 15 is 0 Å². The number of nitrogens with zero attached hydrogens (tertiary/aromatic N) is 1. The lowest BCUT2D eigenvalue weighted by Gasteiger charge is -2.21. The second-order valence-corrected chi connectivity index (χ2v) is 5.13. The number of carboxylic acid groups (broad SMARTS) is 1. The fourth-order valence-corrected chi connectivity index (χ4v) is 2.53. The van der Waals surface area contributed by atoms with Gasteiger partial charge < -0.3 is 9.84 Å². The van der Waals surface area contributed by atoms with Crippen molar-refractivity contribution in [1.29, 1.82) is 0 Å². The molecule has 5 nitrogen and oxygen atoms in total. The zero-order valence-corrected chi connectivity index (χ0v) is 11.8. The van der Waals surface area contributed by atoms with Gasteiger partial charge in [-0.05, 0) is 23.3 Å². The number of benzene rings is 2. The molecular formula is C17H15NO4. The molecule has 0 radical (unpaired) electrons. The first-order valence-corrected chi connectivity index (χ1v) is 6.96. The Labute approximate surface area is 127 Å². The van der Waals surface area contributed by atoms with Gasteiger partial charge in [-0.25, -0.2) is 9.59 Å². The second kappa shape index (κ2) is 5.89. The van der Waals surface area contributed by atoms with Crippen LogP contribution in [0.15, 0.2) is 54.6 Å². The number of ether oxygens (including phenoxy) is 1. The van der Waals surface area contributed by atoms with Crippen LogP contribution in [0, 0.1) is 0 Å². The molecular weight excluding hydrogens is 282 g/mol. The van der Waals surface area contributed by atoms with E-state index in [1.54, 1.807) is 17.0 Å². The average molecular weight is 297 g/mol. The predicted molar refractivity (Wildman–Crippen MR) is 79.5 cm³/mol. The number of amides is 1. The van der Waals surface area contributed by atoms with E-state index in [0.29, 0.717) is 13.2 Å². The molecule has 1 heterocycles. The van der Waals surface area contributed by atoms with E-state index in [0.717, 1.165) is 11.1 Å². The fourth-order valence-electron chi connectivity index (χ4n) is 2.53. The van der Waals surface area contributed by atoms with Gasteiger partial charge in [0.25, 0.3) is 0 Å². The number of aromatic carboxylic acids is 1. The van der Waals surface area contributed by atoms with Crippen molar-refractivity contribution in [1.82, 2.24) is 4.90 Å². The van der Waals surface area contributed by atoms with Crippen molar-refractivity contribution in [2.45, 2.75) is 12.6 Å². The summed E-state index contributed by atoms with van der Waals surface area (Å²) in [5.74, 6) is -0.964. The van der Waals surface area contributed by atoms with Gasteiger partial charge in [0.2, 0.25) is 0 Å². The van der Waals surface area contributed by atoms with Crippen molar-refractivity contribution in [3.05, 3.63) is 71.3 Å². The second-order valence-electron chi connectivity index (χ2n) is 5.13. The van der Waals surface area contributed by atoms with E-state index in [-0.39, 0.29) is 17.7 Å². The van der Waals surface area contributed by atoms with Crippen LogP contribution in [0.3, 0.4) is 0 Å². The van der Waals surface area contributed by atoms with Gasteiger partial charge in [0.15, 0.2) is 0 Å². The third kappa shape index (κ3) is 2.79. The summed E-state index contributed by atoms with van der Waals surface area (Å²) in [5.41, 5.74) is 2.12. The first kappa shape index (κ1) is 14.1. The molecule has 22 heavy (non-hydrogen) atoms. The summed E-state index contributed by atoms with van der Waals surface area (Å²) >= 11 is 0. The number of cyclic esters (lactones) is 1. The van der Waals surface area contributed by atoms with Crippen LogP contribution in [-0.2, 0) is 11.3 Å². The van der Waals surface area contributed by atoms with E-state index in [9.17, 15) is 9.59 Å². The molecule has 1 N–H and O–H groups in total. The molecule has 0 bridgehead atoms. The highest BCUT2D eigenvalue weighted by atomic mass is 16.6. The average Bonchev–Trinajstić information content (AvgIpc) is 2.90. The normalized spacial score (nSPS) is 17.4. The molecule has 1 saturated heterocycles. The van der Waals surface area contributed by atoms with Crippen LogP contribution in [0.5, 0.6) is 0 Å². The molecule has 1 atom stereocenters. The maximum Gasteiger partial charge on any atom is 0.410 e. The number of carboxylic acids is 1. The highest BCUT2D eigenvalue weighted by Crippen LogP contribution is 2.29. The predicted octanol–water partition coefficient (Wildman–Crippen LogP) is 3.08. The van der Waals surface area contributed by atoms with Gasteiger partial charge in [0.1, 0.15) is 6.61 Å².